The van der Waals surface area contributed by atoms with Crippen LogP contribution in [0.2, 0.25) is 0 Å². The fraction of sp³-hybridized carbons (Fsp3) is 0.929. The summed E-state index contributed by atoms with van der Waals surface area (Å²) in [6, 6.07) is 0.501. The van der Waals surface area contributed by atoms with Crippen molar-refractivity contribution in [3.63, 3.8) is 0 Å². The number of thioether (sulfide) groups is 1. The Bertz CT molecular complexity index is 315. The molecule has 0 aromatic heterocycles. The quantitative estimate of drug-likeness (QED) is 0.739. The first-order chi connectivity index (χ1) is 7.85. The first kappa shape index (κ1) is 13.3. The Labute approximate surface area is 110 Å². The van der Waals surface area contributed by atoms with Crippen molar-refractivity contribution in [1.29, 1.82) is 0 Å². The summed E-state index contributed by atoms with van der Waals surface area (Å²) in [7, 11) is 0. The molecule has 0 N–H and O–H groups in total. The number of hydrogen-bond acceptors (Lipinski definition) is 2. The SMILES string of the molecule is CCCSC(=O)N1CC2(C)CC1CC(C)(C)C2. The number of likely N-dealkylation sites (tertiary alicyclic amines) is 1. The van der Waals surface area contributed by atoms with Gasteiger partial charge in [0.1, 0.15) is 0 Å². The number of amides is 1. The minimum Gasteiger partial charge on any atom is -0.330 e. The first-order valence-electron chi connectivity index (χ1n) is 6.79. The smallest absolute Gasteiger partial charge is 0.281 e. The van der Waals surface area contributed by atoms with Gasteiger partial charge in [-0.3, -0.25) is 4.79 Å². The number of carbonyl (C=O) groups excluding carboxylic acids is 1. The Morgan fingerprint density at radius 1 is 1.35 bits per heavy atom. The Morgan fingerprint density at radius 3 is 2.71 bits per heavy atom. The third-order valence-electron chi connectivity index (χ3n) is 4.08. The van der Waals surface area contributed by atoms with E-state index in [4.69, 9.17) is 0 Å². The molecule has 2 aliphatic rings. The molecule has 2 fully saturated rings. The Hall–Kier alpha value is -0.180. The van der Waals surface area contributed by atoms with Gasteiger partial charge in [-0.15, -0.1) is 0 Å². The van der Waals surface area contributed by atoms with E-state index in [1.807, 2.05) is 0 Å². The molecular formula is C14H25NOS. The van der Waals surface area contributed by atoms with Crippen molar-refractivity contribution in [2.24, 2.45) is 10.8 Å². The molecule has 0 radical (unpaired) electrons. The lowest BCUT2D eigenvalue weighted by molar-refractivity contribution is 0.131. The van der Waals surface area contributed by atoms with Crippen LogP contribution in [0, 0.1) is 10.8 Å². The van der Waals surface area contributed by atoms with Gasteiger partial charge in [0.25, 0.3) is 5.24 Å². The van der Waals surface area contributed by atoms with Gasteiger partial charge < -0.3 is 4.90 Å². The van der Waals surface area contributed by atoms with Crippen LogP contribution in [0.1, 0.15) is 53.4 Å². The maximum absolute atomic E-state index is 12.2. The standard InChI is InChI=1S/C14H25NOS/c1-5-6-17-12(16)15-10-14(4)8-11(15)7-13(2,3)9-14/h11H,5-10H2,1-4H3. The molecule has 2 rings (SSSR count). The number of hydrogen-bond donors (Lipinski definition) is 0. The molecule has 1 amide bonds. The van der Waals surface area contributed by atoms with E-state index in [2.05, 4.69) is 32.6 Å². The van der Waals surface area contributed by atoms with Crippen LogP contribution in [0.4, 0.5) is 4.79 Å². The zero-order valence-electron chi connectivity index (χ0n) is 11.6. The molecular weight excluding hydrogens is 230 g/mol. The van der Waals surface area contributed by atoms with Gasteiger partial charge in [-0.05, 0) is 36.5 Å². The second kappa shape index (κ2) is 4.49. The molecule has 1 aliphatic carbocycles. The summed E-state index contributed by atoms with van der Waals surface area (Å²) in [5, 5.41) is 0.318. The van der Waals surface area contributed by atoms with Gasteiger partial charge in [0.05, 0.1) is 0 Å². The molecule has 2 bridgehead atoms. The number of carbonyl (C=O) groups is 1. The van der Waals surface area contributed by atoms with Crippen LogP contribution in [0.25, 0.3) is 0 Å². The molecule has 17 heavy (non-hydrogen) atoms. The highest BCUT2D eigenvalue weighted by molar-refractivity contribution is 8.13. The maximum Gasteiger partial charge on any atom is 0.281 e. The van der Waals surface area contributed by atoms with Crippen LogP contribution in [-0.4, -0.2) is 28.5 Å². The molecule has 3 heteroatoms. The van der Waals surface area contributed by atoms with Crippen molar-refractivity contribution < 1.29 is 4.79 Å². The first-order valence-corrected chi connectivity index (χ1v) is 7.77. The number of fused-ring (bicyclic) bond motifs is 2. The molecule has 98 valence electrons. The lowest BCUT2D eigenvalue weighted by Crippen LogP contribution is -2.36. The third kappa shape index (κ3) is 2.81. The van der Waals surface area contributed by atoms with E-state index in [1.54, 1.807) is 0 Å². The summed E-state index contributed by atoms with van der Waals surface area (Å²) in [6.07, 6.45) is 4.74. The van der Waals surface area contributed by atoms with Crippen molar-refractivity contribution in [2.45, 2.75) is 59.4 Å². The van der Waals surface area contributed by atoms with E-state index in [0.717, 1.165) is 18.7 Å². The molecule has 2 unspecified atom stereocenters. The van der Waals surface area contributed by atoms with E-state index in [-0.39, 0.29) is 0 Å². The second-order valence-electron chi connectivity index (χ2n) is 6.96. The van der Waals surface area contributed by atoms with E-state index < -0.39 is 0 Å². The highest BCUT2D eigenvalue weighted by Crippen LogP contribution is 2.52. The largest absolute Gasteiger partial charge is 0.330 e. The molecule has 0 aromatic carbocycles. The zero-order valence-corrected chi connectivity index (χ0v) is 12.4. The van der Waals surface area contributed by atoms with Crippen molar-refractivity contribution >= 4 is 17.0 Å². The number of rotatable bonds is 2. The fourth-order valence-electron chi connectivity index (χ4n) is 3.95. The van der Waals surface area contributed by atoms with Gasteiger partial charge >= 0.3 is 0 Å². The summed E-state index contributed by atoms with van der Waals surface area (Å²) in [4.78, 5) is 14.4. The molecule has 0 aromatic rings. The van der Waals surface area contributed by atoms with Crippen LogP contribution in [0.15, 0.2) is 0 Å². The van der Waals surface area contributed by atoms with Gasteiger partial charge in [0.2, 0.25) is 0 Å². The molecule has 1 saturated heterocycles. The van der Waals surface area contributed by atoms with Crippen molar-refractivity contribution in [2.75, 3.05) is 12.3 Å². The van der Waals surface area contributed by atoms with Crippen LogP contribution in [0.3, 0.4) is 0 Å². The van der Waals surface area contributed by atoms with Gasteiger partial charge in [-0.1, -0.05) is 39.5 Å². The second-order valence-corrected chi connectivity index (χ2v) is 8.00. The van der Waals surface area contributed by atoms with E-state index in [9.17, 15) is 4.79 Å². The maximum atomic E-state index is 12.2. The fourth-order valence-corrected chi connectivity index (χ4v) is 4.70. The molecule has 2 atom stereocenters. The summed E-state index contributed by atoms with van der Waals surface area (Å²) < 4.78 is 0. The number of nitrogens with zero attached hydrogens (tertiary/aromatic N) is 1. The molecule has 2 nitrogen and oxygen atoms in total. The third-order valence-corrected chi connectivity index (χ3v) is 5.17. The Morgan fingerprint density at radius 2 is 2.06 bits per heavy atom. The average Bonchev–Trinajstić information content (AvgIpc) is 2.44. The minimum absolute atomic E-state index is 0.318. The summed E-state index contributed by atoms with van der Waals surface area (Å²) in [5.41, 5.74) is 0.775. The zero-order chi connectivity index (χ0) is 12.7. The van der Waals surface area contributed by atoms with Crippen molar-refractivity contribution in [3.05, 3.63) is 0 Å². The monoisotopic (exact) mass is 255 g/mol. The van der Waals surface area contributed by atoms with Crippen LogP contribution in [0.5, 0.6) is 0 Å². The summed E-state index contributed by atoms with van der Waals surface area (Å²) >= 11 is 1.51. The van der Waals surface area contributed by atoms with Crippen molar-refractivity contribution in [1.82, 2.24) is 4.90 Å². The average molecular weight is 255 g/mol. The Kier molecular flexibility index (Phi) is 3.50. The van der Waals surface area contributed by atoms with Crippen molar-refractivity contribution in [3.8, 4) is 0 Å². The molecule has 1 aliphatic heterocycles. The minimum atomic E-state index is 0.318. The lowest BCUT2D eigenvalue weighted by atomic mass is 9.65. The molecule has 1 saturated carbocycles. The summed E-state index contributed by atoms with van der Waals surface area (Å²) in [6.45, 7) is 10.2. The van der Waals surface area contributed by atoms with Gasteiger partial charge in [0, 0.05) is 18.3 Å². The van der Waals surface area contributed by atoms with Gasteiger partial charge in [-0.2, -0.15) is 0 Å². The van der Waals surface area contributed by atoms with E-state index in [0.29, 0.717) is 22.1 Å². The van der Waals surface area contributed by atoms with E-state index >= 15 is 0 Å². The highest BCUT2D eigenvalue weighted by atomic mass is 32.2. The summed E-state index contributed by atoms with van der Waals surface area (Å²) in [5.74, 6) is 0.960. The Balaban J connectivity index is 2.05. The predicted octanol–water partition coefficient (Wildman–Crippen LogP) is 4.15. The lowest BCUT2D eigenvalue weighted by Gasteiger charge is -2.39. The normalized spacial score (nSPS) is 35.1. The molecule has 1 heterocycles. The van der Waals surface area contributed by atoms with Gasteiger partial charge in [0.15, 0.2) is 0 Å². The topological polar surface area (TPSA) is 20.3 Å². The predicted molar refractivity (Wildman–Crippen MR) is 74.4 cm³/mol. The van der Waals surface area contributed by atoms with Gasteiger partial charge in [-0.25, -0.2) is 0 Å². The van der Waals surface area contributed by atoms with Crippen LogP contribution >= 0.6 is 11.8 Å². The van der Waals surface area contributed by atoms with E-state index in [1.165, 1.54) is 31.0 Å². The highest BCUT2D eigenvalue weighted by Gasteiger charge is 2.50. The van der Waals surface area contributed by atoms with Crippen LogP contribution < -0.4 is 0 Å². The molecule has 0 spiro atoms. The van der Waals surface area contributed by atoms with Crippen LogP contribution in [-0.2, 0) is 0 Å².